The maximum Gasteiger partial charge on any atom is 0.245 e. The Hall–Kier alpha value is -1.84. The molecule has 25 heavy (non-hydrogen) atoms. The second kappa shape index (κ2) is 6.81. The molecule has 4 nitrogen and oxygen atoms in total. The van der Waals surface area contributed by atoms with Gasteiger partial charge < -0.3 is 9.80 Å². The minimum absolute atomic E-state index is 0.185. The Morgan fingerprint density at radius 2 is 1.80 bits per heavy atom. The molecule has 2 amide bonds. The van der Waals surface area contributed by atoms with E-state index in [4.69, 9.17) is 0 Å². The van der Waals surface area contributed by atoms with Gasteiger partial charge in [-0.1, -0.05) is 23.8 Å². The van der Waals surface area contributed by atoms with Crippen molar-refractivity contribution in [2.24, 2.45) is 5.92 Å². The SMILES string of the molecule is Cc1ccc2c(c1)CC(CC(=O)N1CCC[C@H]1C(=O)N1CCCC1)C2. The molecule has 2 aliphatic heterocycles. The molecule has 4 heteroatoms. The number of hydrogen-bond donors (Lipinski definition) is 0. The van der Waals surface area contributed by atoms with Crippen molar-refractivity contribution in [2.45, 2.75) is 57.9 Å². The molecule has 0 aromatic heterocycles. The molecule has 2 fully saturated rings. The van der Waals surface area contributed by atoms with Crippen LogP contribution in [0.4, 0.5) is 0 Å². The Kier molecular flexibility index (Phi) is 4.53. The summed E-state index contributed by atoms with van der Waals surface area (Å²) in [5, 5.41) is 0. The van der Waals surface area contributed by atoms with Gasteiger partial charge in [-0.05, 0) is 62.5 Å². The van der Waals surface area contributed by atoms with Crippen LogP contribution in [0.3, 0.4) is 0 Å². The second-order valence-electron chi connectivity index (χ2n) is 8.03. The molecule has 0 bridgehead atoms. The average Bonchev–Trinajstić information content (AvgIpc) is 3.33. The topological polar surface area (TPSA) is 40.6 Å². The lowest BCUT2D eigenvalue weighted by molar-refractivity contribution is -0.143. The van der Waals surface area contributed by atoms with Crippen LogP contribution in [-0.2, 0) is 22.4 Å². The molecule has 0 spiro atoms. The van der Waals surface area contributed by atoms with Gasteiger partial charge in [0.05, 0.1) is 0 Å². The summed E-state index contributed by atoms with van der Waals surface area (Å²) in [7, 11) is 0. The highest BCUT2D eigenvalue weighted by molar-refractivity contribution is 5.88. The maximum absolute atomic E-state index is 12.9. The minimum Gasteiger partial charge on any atom is -0.341 e. The van der Waals surface area contributed by atoms with Crippen LogP contribution in [0, 0.1) is 12.8 Å². The summed E-state index contributed by atoms with van der Waals surface area (Å²) in [6, 6.07) is 6.44. The predicted octanol–water partition coefficient (Wildman–Crippen LogP) is 2.71. The summed E-state index contributed by atoms with van der Waals surface area (Å²) in [5.74, 6) is 0.769. The van der Waals surface area contributed by atoms with Crippen LogP contribution in [0.25, 0.3) is 0 Å². The predicted molar refractivity (Wildman–Crippen MR) is 97.2 cm³/mol. The lowest BCUT2D eigenvalue weighted by atomic mass is 10.0. The normalized spacial score (nSPS) is 25.5. The second-order valence-corrected chi connectivity index (χ2v) is 8.03. The summed E-state index contributed by atoms with van der Waals surface area (Å²) in [5.41, 5.74) is 4.10. The van der Waals surface area contributed by atoms with Gasteiger partial charge in [0.25, 0.3) is 0 Å². The summed E-state index contributed by atoms with van der Waals surface area (Å²) in [4.78, 5) is 29.5. The van der Waals surface area contributed by atoms with Gasteiger partial charge in [-0.15, -0.1) is 0 Å². The van der Waals surface area contributed by atoms with E-state index in [0.717, 1.165) is 58.2 Å². The fraction of sp³-hybridized carbons (Fsp3) is 0.619. The number of aryl methyl sites for hydroxylation is 1. The van der Waals surface area contributed by atoms with E-state index in [-0.39, 0.29) is 17.9 Å². The van der Waals surface area contributed by atoms with Crippen molar-refractivity contribution in [3.05, 3.63) is 34.9 Å². The van der Waals surface area contributed by atoms with Gasteiger partial charge >= 0.3 is 0 Å². The third-order valence-corrected chi connectivity index (χ3v) is 6.12. The highest BCUT2D eigenvalue weighted by Crippen LogP contribution is 2.31. The number of rotatable bonds is 3. The number of benzene rings is 1. The highest BCUT2D eigenvalue weighted by atomic mass is 16.2. The van der Waals surface area contributed by atoms with Crippen LogP contribution in [0.15, 0.2) is 18.2 Å². The van der Waals surface area contributed by atoms with Crippen LogP contribution >= 0.6 is 0 Å². The van der Waals surface area contributed by atoms with E-state index >= 15 is 0 Å². The Labute approximate surface area is 150 Å². The van der Waals surface area contributed by atoms with Gasteiger partial charge in [0.1, 0.15) is 6.04 Å². The minimum atomic E-state index is -0.198. The Morgan fingerprint density at radius 3 is 2.60 bits per heavy atom. The van der Waals surface area contributed by atoms with E-state index in [0.29, 0.717) is 12.3 Å². The number of amides is 2. The molecule has 134 valence electrons. The van der Waals surface area contributed by atoms with Crippen molar-refractivity contribution in [3.63, 3.8) is 0 Å². The number of carbonyl (C=O) groups excluding carboxylic acids is 2. The van der Waals surface area contributed by atoms with Crippen molar-refractivity contribution >= 4 is 11.8 Å². The lowest BCUT2D eigenvalue weighted by Crippen LogP contribution is -2.47. The van der Waals surface area contributed by atoms with E-state index in [1.54, 1.807) is 0 Å². The summed E-state index contributed by atoms with van der Waals surface area (Å²) < 4.78 is 0. The van der Waals surface area contributed by atoms with E-state index < -0.39 is 0 Å². The highest BCUT2D eigenvalue weighted by Gasteiger charge is 2.38. The Balaban J connectivity index is 1.38. The Morgan fingerprint density at radius 1 is 1.04 bits per heavy atom. The third kappa shape index (κ3) is 3.31. The molecular formula is C21H28N2O2. The van der Waals surface area contributed by atoms with Crippen molar-refractivity contribution in [1.29, 1.82) is 0 Å². The lowest BCUT2D eigenvalue weighted by Gasteiger charge is -2.28. The summed E-state index contributed by atoms with van der Waals surface area (Å²) in [6.45, 7) is 4.61. The molecular weight excluding hydrogens is 312 g/mol. The molecule has 1 aromatic rings. The van der Waals surface area contributed by atoms with E-state index in [9.17, 15) is 9.59 Å². The molecule has 1 aliphatic carbocycles. The van der Waals surface area contributed by atoms with E-state index in [1.807, 2.05) is 9.80 Å². The summed E-state index contributed by atoms with van der Waals surface area (Å²) in [6.07, 6.45) is 6.59. The molecule has 1 unspecified atom stereocenters. The van der Waals surface area contributed by atoms with Crippen molar-refractivity contribution in [1.82, 2.24) is 9.80 Å². The number of carbonyl (C=O) groups is 2. The van der Waals surface area contributed by atoms with E-state index in [2.05, 4.69) is 25.1 Å². The van der Waals surface area contributed by atoms with Crippen molar-refractivity contribution < 1.29 is 9.59 Å². The largest absolute Gasteiger partial charge is 0.341 e. The average molecular weight is 340 g/mol. The van der Waals surface area contributed by atoms with Gasteiger partial charge in [-0.25, -0.2) is 0 Å². The zero-order valence-corrected chi connectivity index (χ0v) is 15.2. The first-order valence-corrected chi connectivity index (χ1v) is 9.78. The monoisotopic (exact) mass is 340 g/mol. The van der Waals surface area contributed by atoms with Crippen molar-refractivity contribution in [2.75, 3.05) is 19.6 Å². The van der Waals surface area contributed by atoms with Gasteiger partial charge in [-0.3, -0.25) is 9.59 Å². The Bertz CT molecular complexity index is 678. The first-order chi connectivity index (χ1) is 12.1. The molecule has 0 radical (unpaired) electrons. The molecule has 4 rings (SSSR count). The smallest absolute Gasteiger partial charge is 0.245 e. The number of nitrogens with zero attached hydrogens (tertiary/aromatic N) is 2. The zero-order chi connectivity index (χ0) is 17.4. The number of fused-ring (bicyclic) bond motifs is 1. The molecule has 0 N–H and O–H groups in total. The maximum atomic E-state index is 12.9. The molecule has 0 saturated carbocycles. The zero-order valence-electron chi connectivity index (χ0n) is 15.2. The molecule has 2 saturated heterocycles. The van der Waals surface area contributed by atoms with Crippen LogP contribution in [0.5, 0.6) is 0 Å². The van der Waals surface area contributed by atoms with E-state index in [1.165, 1.54) is 16.7 Å². The first-order valence-electron chi connectivity index (χ1n) is 9.78. The summed E-state index contributed by atoms with van der Waals surface area (Å²) >= 11 is 0. The van der Waals surface area contributed by atoms with Gasteiger partial charge in [0, 0.05) is 26.1 Å². The molecule has 3 aliphatic rings. The fourth-order valence-electron chi connectivity index (χ4n) is 4.82. The fourth-order valence-corrected chi connectivity index (χ4v) is 4.82. The van der Waals surface area contributed by atoms with Crippen LogP contribution < -0.4 is 0 Å². The third-order valence-electron chi connectivity index (χ3n) is 6.12. The first kappa shape index (κ1) is 16.6. The van der Waals surface area contributed by atoms with Crippen LogP contribution in [0.2, 0.25) is 0 Å². The number of likely N-dealkylation sites (tertiary alicyclic amines) is 2. The van der Waals surface area contributed by atoms with Gasteiger partial charge in [0.15, 0.2) is 0 Å². The molecule has 1 aromatic carbocycles. The van der Waals surface area contributed by atoms with Crippen LogP contribution in [0.1, 0.15) is 48.8 Å². The standard InChI is InChI=1S/C21H28N2O2/c1-15-6-7-17-12-16(13-18(17)11-15)14-20(24)23-10-4-5-19(23)21(25)22-8-2-3-9-22/h6-7,11,16,19H,2-5,8-10,12-14H2,1H3/t16?,19-/m0/s1. The van der Waals surface area contributed by atoms with Crippen LogP contribution in [-0.4, -0.2) is 47.3 Å². The van der Waals surface area contributed by atoms with Crippen molar-refractivity contribution in [3.8, 4) is 0 Å². The van der Waals surface area contributed by atoms with Gasteiger partial charge in [0.2, 0.25) is 11.8 Å². The molecule has 2 heterocycles. The number of hydrogen-bond acceptors (Lipinski definition) is 2. The van der Waals surface area contributed by atoms with Gasteiger partial charge in [-0.2, -0.15) is 0 Å². The molecule has 2 atom stereocenters. The quantitative estimate of drug-likeness (QED) is 0.849.